The average Bonchev–Trinajstić information content (AvgIpc) is 3.11. The number of aliphatic imine (C=N–C) groups is 1. The van der Waals surface area contributed by atoms with Crippen molar-refractivity contribution in [2.75, 3.05) is 26.8 Å². The number of nitrogens with one attached hydrogen (secondary N) is 2. The van der Waals surface area contributed by atoms with Crippen molar-refractivity contribution in [3.8, 4) is 0 Å². The first-order valence-electron chi connectivity index (χ1n) is 9.35. The van der Waals surface area contributed by atoms with Crippen molar-refractivity contribution in [3.63, 3.8) is 0 Å². The molecule has 1 saturated carbocycles. The van der Waals surface area contributed by atoms with Gasteiger partial charge in [0.15, 0.2) is 5.96 Å². The van der Waals surface area contributed by atoms with Crippen molar-refractivity contribution >= 4 is 35.6 Å². The Balaban J connectivity index is 0.00000364. The van der Waals surface area contributed by atoms with Gasteiger partial charge >= 0.3 is 0 Å². The fraction of sp³-hybridized carbons (Fsp3) is 0.632. The minimum Gasteiger partial charge on any atom is -0.382 e. The molecular formula is C19H31IN4O3. The number of ether oxygens (including phenoxy) is 1. The number of guanidine groups is 1. The van der Waals surface area contributed by atoms with Crippen molar-refractivity contribution < 1.29 is 9.66 Å². The Morgan fingerprint density at radius 2 is 2.00 bits per heavy atom. The van der Waals surface area contributed by atoms with E-state index in [1.165, 1.54) is 31.7 Å². The van der Waals surface area contributed by atoms with Crippen LogP contribution in [0.1, 0.15) is 44.6 Å². The molecule has 1 fully saturated rings. The molecule has 0 spiro atoms. The molecule has 0 heterocycles. The first-order chi connectivity index (χ1) is 12.6. The summed E-state index contributed by atoms with van der Waals surface area (Å²) in [4.78, 5) is 15.0. The van der Waals surface area contributed by atoms with E-state index >= 15 is 0 Å². The summed E-state index contributed by atoms with van der Waals surface area (Å²) in [6, 6.07) is 6.77. The maximum absolute atomic E-state index is 11.1. The topological polar surface area (TPSA) is 88.8 Å². The van der Waals surface area contributed by atoms with Crippen LogP contribution in [0.2, 0.25) is 0 Å². The highest BCUT2D eigenvalue weighted by Gasteiger charge is 2.33. The molecule has 1 aliphatic rings. The molecule has 27 heavy (non-hydrogen) atoms. The van der Waals surface area contributed by atoms with E-state index in [9.17, 15) is 10.1 Å². The van der Waals surface area contributed by atoms with Crippen LogP contribution in [-0.4, -0.2) is 37.7 Å². The average molecular weight is 490 g/mol. The summed E-state index contributed by atoms with van der Waals surface area (Å²) in [7, 11) is 1.72. The Kier molecular flexibility index (Phi) is 10.6. The van der Waals surface area contributed by atoms with E-state index in [2.05, 4.69) is 15.6 Å². The van der Waals surface area contributed by atoms with Crippen molar-refractivity contribution in [1.29, 1.82) is 0 Å². The molecule has 0 aromatic heterocycles. The second kappa shape index (κ2) is 12.1. The van der Waals surface area contributed by atoms with Gasteiger partial charge in [-0.15, -0.1) is 24.0 Å². The highest BCUT2D eigenvalue weighted by Crippen LogP contribution is 2.40. The van der Waals surface area contributed by atoms with Crippen molar-refractivity contribution in [2.24, 2.45) is 10.4 Å². The zero-order valence-electron chi connectivity index (χ0n) is 16.2. The number of hydrogen-bond acceptors (Lipinski definition) is 4. The van der Waals surface area contributed by atoms with Gasteiger partial charge in [0.1, 0.15) is 0 Å². The molecule has 2 N–H and O–H groups in total. The van der Waals surface area contributed by atoms with Crippen LogP contribution in [0.5, 0.6) is 0 Å². The number of hydrogen-bond donors (Lipinski definition) is 2. The van der Waals surface area contributed by atoms with Crippen molar-refractivity contribution in [3.05, 3.63) is 39.9 Å². The van der Waals surface area contributed by atoms with Crippen molar-refractivity contribution in [2.45, 2.75) is 45.6 Å². The summed E-state index contributed by atoms with van der Waals surface area (Å²) in [6.45, 7) is 4.77. The molecule has 0 radical (unpaired) electrons. The van der Waals surface area contributed by atoms with Gasteiger partial charge in [0, 0.05) is 45.0 Å². The molecule has 152 valence electrons. The summed E-state index contributed by atoms with van der Waals surface area (Å²) >= 11 is 0. The van der Waals surface area contributed by atoms with Gasteiger partial charge in [-0.05, 0) is 31.6 Å². The van der Waals surface area contributed by atoms with Crippen LogP contribution in [0.25, 0.3) is 0 Å². The van der Waals surface area contributed by atoms with E-state index in [0.29, 0.717) is 18.1 Å². The Morgan fingerprint density at radius 3 is 2.63 bits per heavy atom. The summed E-state index contributed by atoms with van der Waals surface area (Å²) in [5, 5.41) is 17.7. The van der Waals surface area contributed by atoms with Crippen LogP contribution in [0.15, 0.2) is 29.3 Å². The summed E-state index contributed by atoms with van der Waals surface area (Å²) in [5.74, 6) is 0.672. The van der Waals surface area contributed by atoms with Gasteiger partial charge < -0.3 is 15.4 Å². The third kappa shape index (κ3) is 7.25. The standard InChI is InChI=1S/C19H30N4O3.HI/c1-3-26-13-12-19(10-6-7-11-19)15-22-18(20-2)21-14-16-8-4-5-9-17(16)23(24)25;/h4-5,8-9H,3,6-7,10-15H2,1-2H3,(H2,20,21,22);1H. The van der Waals surface area contributed by atoms with E-state index in [0.717, 1.165) is 26.2 Å². The fourth-order valence-electron chi connectivity index (χ4n) is 3.58. The molecule has 2 rings (SSSR count). The van der Waals surface area contributed by atoms with E-state index in [1.54, 1.807) is 25.2 Å². The van der Waals surface area contributed by atoms with Crippen molar-refractivity contribution in [1.82, 2.24) is 10.6 Å². The number of benzene rings is 1. The van der Waals surface area contributed by atoms with E-state index in [-0.39, 0.29) is 40.0 Å². The minimum atomic E-state index is -0.353. The van der Waals surface area contributed by atoms with Crippen LogP contribution < -0.4 is 10.6 Å². The zero-order valence-corrected chi connectivity index (χ0v) is 18.5. The molecule has 1 aliphatic carbocycles. The highest BCUT2D eigenvalue weighted by atomic mass is 127. The molecule has 1 aromatic carbocycles. The van der Waals surface area contributed by atoms with E-state index in [4.69, 9.17) is 4.74 Å². The zero-order chi connectivity index (χ0) is 18.8. The lowest BCUT2D eigenvalue weighted by Gasteiger charge is -2.30. The van der Waals surface area contributed by atoms with E-state index in [1.807, 2.05) is 6.92 Å². The maximum Gasteiger partial charge on any atom is 0.274 e. The number of nitro benzene ring substituents is 1. The molecule has 0 amide bonds. The Bertz CT molecular complexity index is 619. The third-order valence-electron chi connectivity index (χ3n) is 5.13. The molecule has 0 aliphatic heterocycles. The molecule has 8 heteroatoms. The van der Waals surface area contributed by atoms with Crippen LogP contribution >= 0.6 is 24.0 Å². The number of rotatable bonds is 9. The monoisotopic (exact) mass is 490 g/mol. The normalized spacial score (nSPS) is 15.9. The highest BCUT2D eigenvalue weighted by molar-refractivity contribution is 14.0. The molecule has 1 aromatic rings. The van der Waals surface area contributed by atoms with Gasteiger partial charge in [0.2, 0.25) is 0 Å². The van der Waals surface area contributed by atoms with Gasteiger partial charge in [-0.2, -0.15) is 0 Å². The Labute approximate surface area is 178 Å². The number of nitro groups is 1. The summed E-state index contributed by atoms with van der Waals surface area (Å²) < 4.78 is 5.56. The molecule has 0 atom stereocenters. The number of nitrogens with zero attached hydrogens (tertiary/aromatic N) is 2. The van der Waals surface area contributed by atoms with Gasteiger partial charge in [0.25, 0.3) is 5.69 Å². The summed E-state index contributed by atoms with van der Waals surface area (Å²) in [5.41, 5.74) is 1.03. The van der Waals surface area contributed by atoms with Crippen LogP contribution in [0, 0.1) is 15.5 Å². The van der Waals surface area contributed by atoms with Crippen LogP contribution in [0.3, 0.4) is 0 Å². The van der Waals surface area contributed by atoms with Crippen LogP contribution in [0.4, 0.5) is 5.69 Å². The second-order valence-corrected chi connectivity index (χ2v) is 6.82. The predicted octanol–water partition coefficient (Wildman–Crippen LogP) is 3.86. The molecule has 0 saturated heterocycles. The van der Waals surface area contributed by atoms with Gasteiger partial charge in [-0.3, -0.25) is 15.1 Å². The molecule has 0 unspecified atom stereocenters. The van der Waals surface area contributed by atoms with Gasteiger partial charge in [-0.1, -0.05) is 31.0 Å². The number of para-hydroxylation sites is 1. The molecule has 0 bridgehead atoms. The maximum atomic E-state index is 11.1. The lowest BCUT2D eigenvalue weighted by Crippen LogP contribution is -2.43. The number of halogens is 1. The van der Waals surface area contributed by atoms with Gasteiger partial charge in [0.05, 0.1) is 4.92 Å². The lowest BCUT2D eigenvalue weighted by atomic mass is 9.83. The quantitative estimate of drug-likeness (QED) is 0.137. The SMILES string of the molecule is CCOCCC1(CNC(=NC)NCc2ccccc2[N+](=O)[O-])CCCC1.I. The Hall–Kier alpha value is -1.42. The van der Waals surface area contributed by atoms with Crippen LogP contribution in [-0.2, 0) is 11.3 Å². The Morgan fingerprint density at radius 1 is 1.30 bits per heavy atom. The second-order valence-electron chi connectivity index (χ2n) is 6.82. The molecular weight excluding hydrogens is 459 g/mol. The first kappa shape index (κ1) is 23.6. The third-order valence-corrected chi connectivity index (χ3v) is 5.13. The van der Waals surface area contributed by atoms with E-state index < -0.39 is 0 Å². The first-order valence-corrected chi connectivity index (χ1v) is 9.35. The lowest BCUT2D eigenvalue weighted by molar-refractivity contribution is -0.385. The smallest absolute Gasteiger partial charge is 0.274 e. The molecule has 7 nitrogen and oxygen atoms in total. The predicted molar refractivity (Wildman–Crippen MR) is 119 cm³/mol. The minimum absolute atomic E-state index is 0. The summed E-state index contributed by atoms with van der Waals surface area (Å²) in [6.07, 6.45) is 5.98. The fourth-order valence-corrected chi connectivity index (χ4v) is 3.58. The largest absolute Gasteiger partial charge is 0.382 e. The van der Waals surface area contributed by atoms with Gasteiger partial charge in [-0.25, -0.2) is 0 Å².